The number of aliphatic hydroxyl groups excluding tert-OH is 1. The van der Waals surface area contributed by atoms with Crippen molar-refractivity contribution in [3.63, 3.8) is 0 Å². The molecule has 0 amide bonds. The van der Waals surface area contributed by atoms with Crippen LogP contribution in [-0.4, -0.2) is 72.9 Å². The van der Waals surface area contributed by atoms with Crippen molar-refractivity contribution in [2.24, 2.45) is 0 Å². The SMILES string of the molecule is CC(=O)[C@@]1(O)[C@](O)(C(C)=O)[C@@H](O)O[C@H](CCl)[C@@]1(O)C(C)=O. The number of hydrogen-bond acceptors (Lipinski definition) is 8. The van der Waals surface area contributed by atoms with Gasteiger partial charge in [-0.1, -0.05) is 0 Å². The highest BCUT2D eigenvalue weighted by Gasteiger charge is 2.77. The lowest BCUT2D eigenvalue weighted by Crippen LogP contribution is -2.86. The molecule has 1 aliphatic heterocycles. The molecule has 21 heavy (non-hydrogen) atoms. The second-order valence-electron chi connectivity index (χ2n) is 5.04. The molecular formula is C12H17ClO8. The smallest absolute Gasteiger partial charge is 0.213 e. The Kier molecular flexibility index (Phi) is 4.65. The quantitative estimate of drug-likeness (QED) is 0.431. The van der Waals surface area contributed by atoms with Crippen LogP contribution in [-0.2, 0) is 19.1 Å². The van der Waals surface area contributed by atoms with Crippen molar-refractivity contribution in [1.29, 1.82) is 0 Å². The van der Waals surface area contributed by atoms with Crippen molar-refractivity contribution >= 4 is 29.0 Å². The van der Waals surface area contributed by atoms with Crippen molar-refractivity contribution in [2.75, 3.05) is 5.88 Å². The van der Waals surface area contributed by atoms with Crippen LogP contribution in [0.15, 0.2) is 0 Å². The molecule has 1 heterocycles. The second-order valence-corrected chi connectivity index (χ2v) is 5.35. The van der Waals surface area contributed by atoms with Gasteiger partial charge in [0.05, 0.1) is 5.88 Å². The number of alkyl halides is 1. The standard InChI is InChI=1S/C12H17ClO8/c1-5(14)10(18)8(4-13)21-9(17)11(19,6(2)15)12(10,20)7(3)16/h8-9,17-20H,4H2,1-3H3/t8-,9+,10+,11+,12+/m1/s1. The molecule has 0 aromatic carbocycles. The van der Waals surface area contributed by atoms with E-state index in [0.29, 0.717) is 0 Å². The Morgan fingerprint density at radius 1 is 1.00 bits per heavy atom. The summed E-state index contributed by atoms with van der Waals surface area (Å²) in [5.74, 6) is -4.30. The van der Waals surface area contributed by atoms with Gasteiger partial charge in [0.15, 0.2) is 29.2 Å². The van der Waals surface area contributed by atoms with Gasteiger partial charge < -0.3 is 25.2 Å². The van der Waals surface area contributed by atoms with Gasteiger partial charge in [-0.2, -0.15) is 0 Å². The van der Waals surface area contributed by atoms with E-state index < -0.39 is 52.4 Å². The average molecular weight is 325 g/mol. The molecule has 120 valence electrons. The molecule has 9 heteroatoms. The molecule has 0 unspecified atom stereocenters. The third-order valence-electron chi connectivity index (χ3n) is 3.94. The van der Waals surface area contributed by atoms with Gasteiger partial charge in [-0.15, -0.1) is 11.6 Å². The Bertz CT molecular complexity index is 494. The molecule has 0 aromatic heterocycles. The molecular weight excluding hydrogens is 308 g/mol. The first-order valence-corrected chi connectivity index (χ1v) is 6.55. The average Bonchev–Trinajstić information content (AvgIpc) is 2.39. The Labute approximate surface area is 125 Å². The first-order chi connectivity index (χ1) is 9.42. The highest BCUT2D eigenvalue weighted by atomic mass is 35.5. The van der Waals surface area contributed by atoms with Gasteiger partial charge >= 0.3 is 0 Å². The van der Waals surface area contributed by atoms with Gasteiger partial charge in [0.25, 0.3) is 0 Å². The highest BCUT2D eigenvalue weighted by molar-refractivity contribution is 6.19. The summed E-state index contributed by atoms with van der Waals surface area (Å²) >= 11 is 5.54. The van der Waals surface area contributed by atoms with E-state index in [1.165, 1.54) is 0 Å². The van der Waals surface area contributed by atoms with E-state index in [0.717, 1.165) is 20.8 Å². The molecule has 4 N–H and O–H groups in total. The highest BCUT2D eigenvalue weighted by Crippen LogP contribution is 2.46. The zero-order valence-corrected chi connectivity index (χ0v) is 12.4. The molecule has 0 bridgehead atoms. The van der Waals surface area contributed by atoms with Crippen LogP contribution in [0.3, 0.4) is 0 Å². The summed E-state index contributed by atoms with van der Waals surface area (Å²) < 4.78 is 4.80. The van der Waals surface area contributed by atoms with E-state index in [2.05, 4.69) is 0 Å². The zero-order chi connectivity index (χ0) is 16.8. The van der Waals surface area contributed by atoms with Gasteiger partial charge in [-0.25, -0.2) is 0 Å². The first kappa shape index (κ1) is 18.1. The lowest BCUT2D eigenvalue weighted by atomic mass is 9.61. The van der Waals surface area contributed by atoms with Gasteiger partial charge in [0.2, 0.25) is 11.2 Å². The van der Waals surface area contributed by atoms with Crippen molar-refractivity contribution in [2.45, 2.75) is 50.0 Å². The van der Waals surface area contributed by atoms with Crippen LogP contribution in [0.2, 0.25) is 0 Å². The molecule has 1 aliphatic rings. The van der Waals surface area contributed by atoms with Crippen molar-refractivity contribution in [3.8, 4) is 0 Å². The lowest BCUT2D eigenvalue weighted by molar-refractivity contribution is -0.353. The van der Waals surface area contributed by atoms with Crippen molar-refractivity contribution in [3.05, 3.63) is 0 Å². The summed E-state index contributed by atoms with van der Waals surface area (Å²) in [5.41, 5.74) is -9.53. The molecule has 0 aliphatic carbocycles. The fourth-order valence-electron chi connectivity index (χ4n) is 2.65. The summed E-state index contributed by atoms with van der Waals surface area (Å²) in [6.45, 7) is 2.35. The molecule has 0 radical (unpaired) electrons. The molecule has 1 rings (SSSR count). The van der Waals surface area contributed by atoms with Gasteiger partial charge in [0.1, 0.15) is 6.10 Å². The van der Waals surface area contributed by atoms with E-state index in [4.69, 9.17) is 16.3 Å². The normalized spacial score (nSPS) is 43.4. The van der Waals surface area contributed by atoms with Gasteiger partial charge in [0, 0.05) is 0 Å². The molecule has 8 nitrogen and oxygen atoms in total. The van der Waals surface area contributed by atoms with E-state index in [9.17, 15) is 34.8 Å². The molecule has 5 atom stereocenters. The number of ketones is 3. The number of halogens is 1. The first-order valence-electron chi connectivity index (χ1n) is 6.02. The summed E-state index contributed by atoms with van der Waals surface area (Å²) in [6.07, 6.45) is -4.06. The number of ether oxygens (including phenoxy) is 1. The van der Waals surface area contributed by atoms with Crippen molar-refractivity contribution in [1.82, 2.24) is 0 Å². The minimum atomic E-state index is -3.31. The number of hydrogen-bond donors (Lipinski definition) is 4. The number of rotatable bonds is 4. The van der Waals surface area contributed by atoms with Crippen LogP contribution in [0.5, 0.6) is 0 Å². The summed E-state index contributed by atoms with van der Waals surface area (Å²) in [7, 11) is 0. The molecule has 0 saturated carbocycles. The topological polar surface area (TPSA) is 141 Å². The third kappa shape index (κ3) is 1.98. The van der Waals surface area contributed by atoms with Crippen LogP contribution < -0.4 is 0 Å². The number of Topliss-reactive ketones (excluding diaryl/α,β-unsaturated/α-hetero) is 3. The monoisotopic (exact) mass is 324 g/mol. The predicted octanol–water partition coefficient (Wildman–Crippen LogP) is -2.10. The number of carbonyl (C=O) groups excluding carboxylic acids is 3. The maximum absolute atomic E-state index is 11.9. The van der Waals surface area contributed by atoms with E-state index in [-0.39, 0.29) is 0 Å². The minimum absolute atomic E-state index is 0.587. The Hall–Kier alpha value is -0.900. The fraction of sp³-hybridized carbons (Fsp3) is 0.750. The predicted molar refractivity (Wildman–Crippen MR) is 68.5 cm³/mol. The maximum Gasteiger partial charge on any atom is 0.213 e. The van der Waals surface area contributed by atoms with E-state index >= 15 is 0 Å². The van der Waals surface area contributed by atoms with E-state index in [1.807, 2.05) is 0 Å². The minimum Gasteiger partial charge on any atom is -0.376 e. The summed E-state index contributed by atoms with van der Waals surface area (Å²) in [5, 5.41) is 41.3. The van der Waals surface area contributed by atoms with Crippen molar-refractivity contribution < 1.29 is 39.5 Å². The van der Waals surface area contributed by atoms with Crippen LogP contribution in [0, 0.1) is 0 Å². The van der Waals surface area contributed by atoms with Crippen LogP contribution in [0.25, 0.3) is 0 Å². The van der Waals surface area contributed by atoms with Crippen LogP contribution >= 0.6 is 11.6 Å². The molecule has 0 aromatic rings. The molecule has 1 fully saturated rings. The fourth-order valence-corrected chi connectivity index (χ4v) is 2.95. The second kappa shape index (κ2) is 5.38. The zero-order valence-electron chi connectivity index (χ0n) is 11.7. The van der Waals surface area contributed by atoms with Crippen LogP contribution in [0.1, 0.15) is 20.8 Å². The molecule has 0 spiro atoms. The maximum atomic E-state index is 11.9. The molecule has 1 saturated heterocycles. The number of carbonyl (C=O) groups is 3. The van der Waals surface area contributed by atoms with Crippen LogP contribution in [0.4, 0.5) is 0 Å². The lowest BCUT2D eigenvalue weighted by Gasteiger charge is -2.56. The van der Waals surface area contributed by atoms with Gasteiger partial charge in [-0.05, 0) is 20.8 Å². The largest absolute Gasteiger partial charge is 0.376 e. The summed E-state index contributed by atoms with van der Waals surface area (Å²) in [4.78, 5) is 35.4. The Morgan fingerprint density at radius 2 is 1.43 bits per heavy atom. The van der Waals surface area contributed by atoms with Gasteiger partial charge in [-0.3, -0.25) is 14.4 Å². The Balaban J connectivity index is 3.78. The Morgan fingerprint density at radius 3 is 1.71 bits per heavy atom. The third-order valence-corrected chi connectivity index (χ3v) is 4.22. The number of aliphatic hydroxyl groups is 4. The summed E-state index contributed by atoms with van der Waals surface area (Å²) in [6, 6.07) is 0. The van der Waals surface area contributed by atoms with E-state index in [1.54, 1.807) is 0 Å².